The number of likely N-dealkylation sites (tertiary alicyclic amines) is 1. The molecule has 0 amide bonds. The van der Waals surface area contributed by atoms with Gasteiger partial charge in [-0.25, -0.2) is 0 Å². The summed E-state index contributed by atoms with van der Waals surface area (Å²) in [5.74, 6) is -0.622. The van der Waals surface area contributed by atoms with Gasteiger partial charge in [0.15, 0.2) is 0 Å². The van der Waals surface area contributed by atoms with E-state index in [0.717, 1.165) is 32.4 Å². The van der Waals surface area contributed by atoms with Crippen LogP contribution in [0.15, 0.2) is 18.2 Å². The molecule has 0 spiro atoms. The lowest BCUT2D eigenvalue weighted by Crippen LogP contribution is -2.34. The molecule has 3 heteroatoms. The third-order valence-corrected chi connectivity index (χ3v) is 4.64. The van der Waals surface area contributed by atoms with Crippen LogP contribution in [0.1, 0.15) is 42.9 Å². The fourth-order valence-corrected chi connectivity index (χ4v) is 3.38. The third-order valence-electron chi connectivity index (χ3n) is 4.64. The minimum Gasteiger partial charge on any atom is -0.481 e. The van der Waals surface area contributed by atoms with Gasteiger partial charge >= 0.3 is 5.97 Å². The van der Waals surface area contributed by atoms with E-state index >= 15 is 0 Å². The summed E-state index contributed by atoms with van der Waals surface area (Å²) in [6.07, 6.45) is 2.50. The van der Waals surface area contributed by atoms with Crippen molar-refractivity contribution in [1.29, 1.82) is 0 Å². The molecule has 1 atom stereocenters. The van der Waals surface area contributed by atoms with Gasteiger partial charge in [-0.05, 0) is 49.9 Å². The summed E-state index contributed by atoms with van der Waals surface area (Å²) in [4.78, 5) is 13.9. The van der Waals surface area contributed by atoms with E-state index < -0.39 is 11.4 Å². The second-order valence-corrected chi connectivity index (χ2v) is 6.17. The van der Waals surface area contributed by atoms with Crippen molar-refractivity contribution in [3.8, 4) is 0 Å². The first-order valence-corrected chi connectivity index (χ1v) is 7.49. The lowest BCUT2D eigenvalue weighted by molar-refractivity contribution is -0.148. The highest BCUT2D eigenvalue weighted by Gasteiger charge is 2.43. The Hall–Kier alpha value is -1.35. The molecule has 1 aromatic carbocycles. The Morgan fingerprint density at radius 3 is 2.55 bits per heavy atom. The number of rotatable bonds is 5. The molecule has 0 radical (unpaired) electrons. The summed E-state index contributed by atoms with van der Waals surface area (Å²) in [7, 11) is 0. The van der Waals surface area contributed by atoms with Crippen molar-refractivity contribution >= 4 is 5.97 Å². The molecule has 1 fully saturated rings. The maximum absolute atomic E-state index is 11.6. The minimum absolute atomic E-state index is 0.522. The number of carboxylic acids is 1. The lowest BCUT2D eigenvalue weighted by atomic mass is 9.83. The van der Waals surface area contributed by atoms with E-state index in [2.05, 4.69) is 43.9 Å². The van der Waals surface area contributed by atoms with Crippen molar-refractivity contribution < 1.29 is 9.90 Å². The van der Waals surface area contributed by atoms with E-state index in [0.29, 0.717) is 6.54 Å². The number of aryl methyl sites for hydroxylation is 2. The first-order chi connectivity index (χ1) is 9.48. The van der Waals surface area contributed by atoms with Crippen LogP contribution in [-0.4, -0.2) is 29.1 Å². The Morgan fingerprint density at radius 1 is 1.35 bits per heavy atom. The van der Waals surface area contributed by atoms with Crippen LogP contribution >= 0.6 is 0 Å². The molecule has 0 aliphatic carbocycles. The number of carbonyl (C=O) groups is 1. The fourth-order valence-electron chi connectivity index (χ4n) is 3.38. The molecule has 1 N–H and O–H groups in total. The van der Waals surface area contributed by atoms with Gasteiger partial charge in [0.1, 0.15) is 0 Å². The van der Waals surface area contributed by atoms with Gasteiger partial charge in [-0.2, -0.15) is 0 Å². The van der Waals surface area contributed by atoms with Crippen LogP contribution in [0.2, 0.25) is 0 Å². The molecule has 1 heterocycles. The Morgan fingerprint density at radius 2 is 2.00 bits per heavy atom. The van der Waals surface area contributed by atoms with Crippen LogP contribution in [0.3, 0.4) is 0 Å². The first-order valence-electron chi connectivity index (χ1n) is 7.49. The summed E-state index contributed by atoms with van der Waals surface area (Å²) >= 11 is 0. The van der Waals surface area contributed by atoms with Gasteiger partial charge in [-0.3, -0.25) is 9.69 Å². The van der Waals surface area contributed by atoms with Crippen molar-refractivity contribution in [1.82, 2.24) is 4.90 Å². The number of hydrogen-bond donors (Lipinski definition) is 1. The predicted octanol–water partition coefficient (Wildman–Crippen LogP) is 3.38. The summed E-state index contributed by atoms with van der Waals surface area (Å²) < 4.78 is 0. The number of aliphatic carboxylic acids is 1. The van der Waals surface area contributed by atoms with E-state index in [9.17, 15) is 9.90 Å². The van der Waals surface area contributed by atoms with Crippen molar-refractivity contribution in [2.24, 2.45) is 5.41 Å². The van der Waals surface area contributed by atoms with Gasteiger partial charge in [0.05, 0.1) is 5.41 Å². The second-order valence-electron chi connectivity index (χ2n) is 6.17. The van der Waals surface area contributed by atoms with Crippen molar-refractivity contribution in [3.05, 3.63) is 34.9 Å². The molecule has 1 aromatic rings. The molecule has 20 heavy (non-hydrogen) atoms. The highest BCUT2D eigenvalue weighted by molar-refractivity contribution is 5.75. The molecule has 0 aromatic heterocycles. The van der Waals surface area contributed by atoms with Crippen LogP contribution in [0, 0.1) is 19.3 Å². The SMILES string of the molecule is CCCC1(C(=O)O)CCN(Cc2c(C)cccc2C)C1. The molecular formula is C17H25NO2. The van der Waals surface area contributed by atoms with Gasteiger partial charge in [0.2, 0.25) is 0 Å². The van der Waals surface area contributed by atoms with Crippen molar-refractivity contribution in [3.63, 3.8) is 0 Å². The van der Waals surface area contributed by atoms with Crippen molar-refractivity contribution in [2.45, 2.75) is 46.6 Å². The molecule has 1 saturated heterocycles. The number of carboxylic acid groups (broad SMARTS) is 1. The van der Waals surface area contributed by atoms with Crippen LogP contribution in [0.25, 0.3) is 0 Å². The summed E-state index contributed by atoms with van der Waals surface area (Å²) in [6.45, 7) is 8.78. The monoisotopic (exact) mass is 275 g/mol. The highest BCUT2D eigenvalue weighted by atomic mass is 16.4. The van der Waals surface area contributed by atoms with Gasteiger partial charge < -0.3 is 5.11 Å². The fraction of sp³-hybridized carbons (Fsp3) is 0.588. The van der Waals surface area contributed by atoms with Gasteiger partial charge in [-0.1, -0.05) is 31.5 Å². The smallest absolute Gasteiger partial charge is 0.310 e. The summed E-state index contributed by atoms with van der Waals surface area (Å²) in [5, 5.41) is 9.56. The molecule has 2 rings (SSSR count). The number of benzene rings is 1. The minimum atomic E-state index is -0.622. The van der Waals surface area contributed by atoms with E-state index in [4.69, 9.17) is 0 Å². The average Bonchev–Trinajstić information content (AvgIpc) is 2.79. The molecule has 1 aliphatic rings. The number of nitrogens with zero attached hydrogens (tertiary/aromatic N) is 1. The Bertz CT molecular complexity index is 478. The van der Waals surface area contributed by atoms with E-state index in [1.807, 2.05) is 0 Å². The van der Waals surface area contributed by atoms with Gasteiger partial charge in [0, 0.05) is 13.1 Å². The van der Waals surface area contributed by atoms with E-state index in [1.54, 1.807) is 0 Å². The zero-order valence-corrected chi connectivity index (χ0v) is 12.8. The summed E-state index contributed by atoms with van der Waals surface area (Å²) in [5.41, 5.74) is 3.43. The van der Waals surface area contributed by atoms with Gasteiger partial charge in [-0.15, -0.1) is 0 Å². The Balaban J connectivity index is 2.12. The molecule has 110 valence electrons. The zero-order valence-electron chi connectivity index (χ0n) is 12.8. The third kappa shape index (κ3) is 2.88. The van der Waals surface area contributed by atoms with Gasteiger partial charge in [0.25, 0.3) is 0 Å². The van der Waals surface area contributed by atoms with Crippen LogP contribution in [0.5, 0.6) is 0 Å². The molecule has 1 unspecified atom stereocenters. The first kappa shape index (κ1) is 15.0. The quantitative estimate of drug-likeness (QED) is 0.895. The average molecular weight is 275 g/mol. The Kier molecular flexibility index (Phi) is 4.48. The van der Waals surface area contributed by atoms with E-state index in [-0.39, 0.29) is 0 Å². The molecule has 0 saturated carbocycles. The largest absolute Gasteiger partial charge is 0.481 e. The van der Waals surface area contributed by atoms with Crippen LogP contribution < -0.4 is 0 Å². The standard InChI is InChI=1S/C17H25NO2/c1-4-8-17(16(19)20)9-10-18(12-17)11-15-13(2)6-5-7-14(15)3/h5-7H,4,8-12H2,1-3H3,(H,19,20). The maximum Gasteiger partial charge on any atom is 0.310 e. The zero-order chi connectivity index (χ0) is 14.8. The normalized spacial score (nSPS) is 23.1. The van der Waals surface area contributed by atoms with Crippen molar-refractivity contribution in [2.75, 3.05) is 13.1 Å². The molecule has 0 bridgehead atoms. The lowest BCUT2D eigenvalue weighted by Gasteiger charge is -2.25. The van der Waals surface area contributed by atoms with Crippen LogP contribution in [0.4, 0.5) is 0 Å². The molecule has 3 nitrogen and oxygen atoms in total. The summed E-state index contributed by atoms with van der Waals surface area (Å²) in [6, 6.07) is 6.35. The predicted molar refractivity (Wildman–Crippen MR) is 80.8 cm³/mol. The molecular weight excluding hydrogens is 250 g/mol. The second kappa shape index (κ2) is 5.96. The van der Waals surface area contributed by atoms with Crippen LogP contribution in [-0.2, 0) is 11.3 Å². The number of hydrogen-bond acceptors (Lipinski definition) is 2. The highest BCUT2D eigenvalue weighted by Crippen LogP contribution is 2.36. The molecule has 1 aliphatic heterocycles. The Labute approximate surface area is 121 Å². The maximum atomic E-state index is 11.6. The van der Waals surface area contributed by atoms with E-state index in [1.165, 1.54) is 16.7 Å². The topological polar surface area (TPSA) is 40.5 Å².